The van der Waals surface area contributed by atoms with E-state index in [0.717, 1.165) is 5.56 Å². The van der Waals surface area contributed by atoms with E-state index in [1.165, 1.54) is 25.1 Å². The Kier molecular flexibility index (Phi) is 8.95. The molecule has 0 aliphatic carbocycles. The van der Waals surface area contributed by atoms with Gasteiger partial charge in [-0.1, -0.05) is 60.7 Å². The molecule has 0 aliphatic rings. The number of aliphatic carboxylic acids is 1. The Morgan fingerprint density at radius 3 is 2.23 bits per heavy atom. The third-order valence-electron chi connectivity index (χ3n) is 5.28. The van der Waals surface area contributed by atoms with Crippen molar-refractivity contribution in [1.82, 2.24) is 10.6 Å². The van der Waals surface area contributed by atoms with Crippen LogP contribution in [0.25, 0.3) is 0 Å². The van der Waals surface area contributed by atoms with Crippen LogP contribution in [0.3, 0.4) is 0 Å². The minimum Gasteiger partial charge on any atom is -0.489 e. The van der Waals surface area contributed by atoms with Crippen LogP contribution in [0, 0.1) is 5.82 Å². The molecule has 0 radical (unpaired) electrons. The summed E-state index contributed by atoms with van der Waals surface area (Å²) in [6.07, 6.45) is -0.122. The molecule has 182 valence electrons. The monoisotopic (exact) mass is 478 g/mol. The van der Waals surface area contributed by atoms with E-state index >= 15 is 0 Å². The predicted molar refractivity (Wildman–Crippen MR) is 128 cm³/mol. The summed E-state index contributed by atoms with van der Waals surface area (Å²) in [6, 6.07) is 20.1. The maximum atomic E-state index is 14.1. The molecule has 2 atom stereocenters. The quantitative estimate of drug-likeness (QED) is 0.392. The number of halogens is 1. The molecule has 0 heterocycles. The average Bonchev–Trinajstić information content (AvgIpc) is 2.84. The summed E-state index contributed by atoms with van der Waals surface area (Å²) in [5.41, 5.74) is 1.87. The van der Waals surface area contributed by atoms with Crippen molar-refractivity contribution in [3.05, 3.63) is 101 Å². The Balaban J connectivity index is 1.68. The Morgan fingerprint density at radius 1 is 0.857 bits per heavy atom. The fraction of sp³-hybridized carbons (Fsp3) is 0.222. The van der Waals surface area contributed by atoms with Gasteiger partial charge in [-0.05, 0) is 34.9 Å². The Morgan fingerprint density at radius 2 is 1.54 bits per heavy atom. The van der Waals surface area contributed by atoms with Crippen LogP contribution < -0.4 is 15.4 Å². The highest BCUT2D eigenvalue weighted by molar-refractivity contribution is 5.90. The number of rotatable bonds is 11. The summed E-state index contributed by atoms with van der Waals surface area (Å²) in [6.45, 7) is 1.59. The summed E-state index contributed by atoms with van der Waals surface area (Å²) in [5.74, 6) is -2.39. The lowest BCUT2D eigenvalue weighted by molar-refractivity contribution is -0.142. The molecule has 7 nitrogen and oxygen atoms in total. The summed E-state index contributed by atoms with van der Waals surface area (Å²) in [4.78, 5) is 36.4. The molecule has 0 aromatic heterocycles. The van der Waals surface area contributed by atoms with Gasteiger partial charge < -0.3 is 20.5 Å². The molecular weight excluding hydrogens is 451 g/mol. The number of carbonyl (C=O) groups is 3. The lowest BCUT2D eigenvalue weighted by Crippen LogP contribution is -2.52. The van der Waals surface area contributed by atoms with E-state index in [1.54, 1.807) is 30.3 Å². The molecule has 8 heteroatoms. The maximum Gasteiger partial charge on any atom is 0.326 e. The van der Waals surface area contributed by atoms with E-state index in [1.807, 2.05) is 30.3 Å². The summed E-state index contributed by atoms with van der Waals surface area (Å²) >= 11 is 0. The highest BCUT2D eigenvalue weighted by atomic mass is 19.1. The van der Waals surface area contributed by atoms with E-state index in [-0.39, 0.29) is 18.4 Å². The SMILES string of the molecule is CC(=O)N[C@@H](Cc1ccccc1F)C(=O)N[C@H](Cc1cccc(OCc2ccccc2)c1)C(=O)O. The van der Waals surface area contributed by atoms with Crippen LogP contribution in [0.5, 0.6) is 5.75 Å². The van der Waals surface area contributed by atoms with Crippen molar-refractivity contribution in [3.63, 3.8) is 0 Å². The maximum absolute atomic E-state index is 14.1. The average molecular weight is 479 g/mol. The largest absolute Gasteiger partial charge is 0.489 e. The number of carboxylic acids is 1. The molecule has 0 saturated carbocycles. The topological polar surface area (TPSA) is 105 Å². The number of carbonyl (C=O) groups excluding carboxylic acids is 2. The molecule has 0 fully saturated rings. The van der Waals surface area contributed by atoms with Gasteiger partial charge in [-0.15, -0.1) is 0 Å². The van der Waals surface area contributed by atoms with Crippen molar-refractivity contribution in [2.45, 2.75) is 38.5 Å². The first-order valence-corrected chi connectivity index (χ1v) is 11.1. The van der Waals surface area contributed by atoms with Gasteiger partial charge in [-0.2, -0.15) is 0 Å². The lowest BCUT2D eigenvalue weighted by Gasteiger charge is -2.21. The van der Waals surface area contributed by atoms with Gasteiger partial charge in [-0.25, -0.2) is 9.18 Å². The van der Waals surface area contributed by atoms with Crippen molar-refractivity contribution in [1.29, 1.82) is 0 Å². The number of ether oxygens (including phenoxy) is 1. The number of nitrogens with one attached hydrogen (secondary N) is 2. The minimum absolute atomic E-state index is 0.00387. The van der Waals surface area contributed by atoms with E-state index < -0.39 is 35.7 Å². The van der Waals surface area contributed by atoms with Gasteiger partial charge in [0.05, 0.1) is 0 Å². The van der Waals surface area contributed by atoms with E-state index in [4.69, 9.17) is 4.74 Å². The summed E-state index contributed by atoms with van der Waals surface area (Å²) in [7, 11) is 0. The standard InChI is InChI=1S/C27H27FN2O5/c1-18(31)29-24(16-21-11-5-6-13-23(21)28)26(32)30-25(27(33)34)15-20-10-7-12-22(14-20)35-17-19-8-3-2-4-9-19/h2-14,24-25H,15-17H2,1H3,(H,29,31)(H,30,32)(H,33,34)/t24-,25+/m0/s1. The first kappa shape index (κ1) is 25.4. The third kappa shape index (κ3) is 7.96. The Labute approximate surface area is 202 Å². The molecule has 0 bridgehead atoms. The molecule has 0 saturated heterocycles. The van der Waals surface area contributed by atoms with Crippen LogP contribution in [-0.2, 0) is 33.8 Å². The number of hydrogen-bond acceptors (Lipinski definition) is 4. The summed E-state index contributed by atoms with van der Waals surface area (Å²) in [5, 5.41) is 14.7. The number of amides is 2. The zero-order chi connectivity index (χ0) is 25.2. The zero-order valence-electron chi connectivity index (χ0n) is 19.2. The van der Waals surface area contributed by atoms with Gasteiger partial charge in [-0.3, -0.25) is 9.59 Å². The van der Waals surface area contributed by atoms with Gasteiger partial charge in [0, 0.05) is 19.8 Å². The fourth-order valence-electron chi connectivity index (χ4n) is 3.55. The second-order valence-corrected chi connectivity index (χ2v) is 8.07. The van der Waals surface area contributed by atoms with Crippen molar-refractivity contribution in [3.8, 4) is 5.75 Å². The van der Waals surface area contributed by atoms with Crippen LogP contribution in [0.2, 0.25) is 0 Å². The van der Waals surface area contributed by atoms with E-state index in [0.29, 0.717) is 17.9 Å². The van der Waals surface area contributed by atoms with E-state index in [9.17, 15) is 23.9 Å². The molecular formula is C27H27FN2O5. The second-order valence-electron chi connectivity index (χ2n) is 8.07. The highest BCUT2D eigenvalue weighted by Gasteiger charge is 2.27. The Bertz CT molecular complexity index is 1170. The summed E-state index contributed by atoms with van der Waals surface area (Å²) < 4.78 is 19.9. The predicted octanol–water partition coefficient (Wildman–Crippen LogP) is 3.26. The van der Waals surface area contributed by atoms with Crippen LogP contribution in [0.4, 0.5) is 4.39 Å². The first-order valence-electron chi connectivity index (χ1n) is 11.1. The van der Waals surface area contributed by atoms with Crippen molar-refractivity contribution in [2.24, 2.45) is 0 Å². The van der Waals surface area contributed by atoms with E-state index in [2.05, 4.69) is 10.6 Å². The first-order chi connectivity index (χ1) is 16.8. The molecule has 35 heavy (non-hydrogen) atoms. The number of carboxylic acid groups (broad SMARTS) is 1. The molecule has 0 aliphatic heterocycles. The minimum atomic E-state index is -1.26. The van der Waals surface area contributed by atoms with Gasteiger partial charge in [0.25, 0.3) is 0 Å². The molecule has 0 spiro atoms. The third-order valence-corrected chi connectivity index (χ3v) is 5.28. The van der Waals surface area contributed by atoms with Crippen LogP contribution in [0.15, 0.2) is 78.9 Å². The molecule has 3 N–H and O–H groups in total. The molecule has 0 unspecified atom stereocenters. The van der Waals surface area contributed by atoms with Crippen LogP contribution in [0.1, 0.15) is 23.6 Å². The number of benzene rings is 3. The van der Waals surface area contributed by atoms with Gasteiger partial charge >= 0.3 is 5.97 Å². The van der Waals surface area contributed by atoms with Gasteiger partial charge in [0.15, 0.2) is 0 Å². The van der Waals surface area contributed by atoms with Gasteiger partial charge in [0.2, 0.25) is 11.8 Å². The zero-order valence-corrected chi connectivity index (χ0v) is 19.2. The lowest BCUT2D eigenvalue weighted by atomic mass is 10.0. The molecule has 3 aromatic rings. The number of hydrogen-bond donors (Lipinski definition) is 3. The van der Waals surface area contributed by atoms with Crippen molar-refractivity contribution >= 4 is 17.8 Å². The van der Waals surface area contributed by atoms with Crippen LogP contribution >= 0.6 is 0 Å². The van der Waals surface area contributed by atoms with Crippen LogP contribution in [-0.4, -0.2) is 35.0 Å². The van der Waals surface area contributed by atoms with Crippen molar-refractivity contribution < 1.29 is 28.6 Å². The second kappa shape index (κ2) is 12.3. The Hall–Kier alpha value is -4.20. The van der Waals surface area contributed by atoms with Gasteiger partial charge in [0.1, 0.15) is 30.3 Å². The smallest absolute Gasteiger partial charge is 0.326 e. The normalized spacial score (nSPS) is 12.3. The van der Waals surface area contributed by atoms with Crippen molar-refractivity contribution in [2.75, 3.05) is 0 Å². The molecule has 2 amide bonds. The highest BCUT2D eigenvalue weighted by Crippen LogP contribution is 2.17. The molecule has 3 aromatic carbocycles. The fourth-order valence-corrected chi connectivity index (χ4v) is 3.55. The molecule has 3 rings (SSSR count).